The van der Waals surface area contributed by atoms with Crippen molar-refractivity contribution in [3.05, 3.63) is 64.7 Å². The third kappa shape index (κ3) is 4.51. The predicted molar refractivity (Wildman–Crippen MR) is 93.4 cm³/mol. The van der Waals surface area contributed by atoms with Gasteiger partial charge in [0.15, 0.2) is 0 Å². The molecule has 25 heavy (non-hydrogen) atoms. The van der Waals surface area contributed by atoms with E-state index >= 15 is 0 Å². The number of carbonyl (C=O) groups is 2. The molecule has 0 spiro atoms. The normalized spacial score (nSPS) is 16.9. The summed E-state index contributed by atoms with van der Waals surface area (Å²) in [6, 6.07) is 14.9. The molecule has 0 aromatic heterocycles. The van der Waals surface area contributed by atoms with Crippen LogP contribution < -0.4 is 4.74 Å². The van der Waals surface area contributed by atoms with E-state index < -0.39 is 11.9 Å². The number of hydrogen-bond acceptors (Lipinski definition) is 3. The molecule has 0 saturated carbocycles. The number of amides is 1. The van der Waals surface area contributed by atoms with E-state index in [1.165, 1.54) is 0 Å². The molecule has 1 aliphatic heterocycles. The molecule has 3 rings (SSSR count). The second-order valence-electron chi connectivity index (χ2n) is 6.07. The SMILES string of the molecule is O=C(O)[C@@H]1CC(=O)N(Cc2ccc(OCc3ccc(Cl)cc3)cc2)C1. The quantitative estimate of drug-likeness (QED) is 0.858. The monoisotopic (exact) mass is 359 g/mol. The first-order valence-corrected chi connectivity index (χ1v) is 8.36. The standard InChI is InChI=1S/C19H18ClNO4/c20-16-5-1-14(2-6-16)12-25-17-7-3-13(4-8-17)10-21-11-15(19(23)24)9-18(21)22/h1-8,15H,9-12H2,(H,23,24)/t15-/m1/s1. The largest absolute Gasteiger partial charge is 0.489 e. The van der Waals surface area contributed by atoms with E-state index in [0.29, 0.717) is 18.2 Å². The summed E-state index contributed by atoms with van der Waals surface area (Å²) in [7, 11) is 0. The molecule has 1 saturated heterocycles. The van der Waals surface area contributed by atoms with Crippen LogP contribution in [0, 0.1) is 5.92 Å². The van der Waals surface area contributed by atoms with Gasteiger partial charge in [-0.15, -0.1) is 0 Å². The van der Waals surface area contributed by atoms with Crippen LogP contribution in [0.1, 0.15) is 17.5 Å². The lowest BCUT2D eigenvalue weighted by Gasteiger charge is -2.16. The first kappa shape index (κ1) is 17.3. The van der Waals surface area contributed by atoms with E-state index in [1.54, 1.807) is 4.90 Å². The Morgan fingerprint density at radius 3 is 2.36 bits per heavy atom. The Kier molecular flexibility index (Phi) is 5.24. The lowest BCUT2D eigenvalue weighted by Crippen LogP contribution is -2.25. The molecule has 0 bridgehead atoms. The van der Waals surface area contributed by atoms with Crippen LogP contribution in [0.3, 0.4) is 0 Å². The van der Waals surface area contributed by atoms with E-state index in [-0.39, 0.29) is 18.9 Å². The van der Waals surface area contributed by atoms with Gasteiger partial charge in [0.05, 0.1) is 5.92 Å². The van der Waals surface area contributed by atoms with Crippen LogP contribution in [0.5, 0.6) is 5.75 Å². The number of carboxylic acids is 1. The zero-order valence-corrected chi connectivity index (χ0v) is 14.3. The van der Waals surface area contributed by atoms with E-state index in [0.717, 1.165) is 16.9 Å². The van der Waals surface area contributed by atoms with Gasteiger partial charge >= 0.3 is 5.97 Å². The van der Waals surface area contributed by atoms with Crippen LogP contribution in [0.25, 0.3) is 0 Å². The lowest BCUT2D eigenvalue weighted by molar-refractivity contribution is -0.141. The smallest absolute Gasteiger partial charge is 0.308 e. The van der Waals surface area contributed by atoms with E-state index in [4.69, 9.17) is 21.4 Å². The lowest BCUT2D eigenvalue weighted by atomic mass is 10.1. The molecule has 130 valence electrons. The summed E-state index contributed by atoms with van der Waals surface area (Å²) in [5, 5.41) is 9.71. The summed E-state index contributed by atoms with van der Waals surface area (Å²) in [6.07, 6.45) is 0.0810. The van der Waals surface area contributed by atoms with Gasteiger partial charge in [-0.2, -0.15) is 0 Å². The van der Waals surface area contributed by atoms with Crippen molar-refractivity contribution < 1.29 is 19.4 Å². The average molecular weight is 360 g/mol. The highest BCUT2D eigenvalue weighted by Gasteiger charge is 2.33. The molecule has 1 heterocycles. The van der Waals surface area contributed by atoms with Gasteiger partial charge in [-0.25, -0.2) is 0 Å². The van der Waals surface area contributed by atoms with Crippen molar-refractivity contribution in [2.24, 2.45) is 5.92 Å². The summed E-state index contributed by atoms with van der Waals surface area (Å²) < 4.78 is 5.73. The number of carbonyl (C=O) groups excluding carboxylic acids is 1. The van der Waals surface area contributed by atoms with Gasteiger partial charge in [0.2, 0.25) is 5.91 Å². The van der Waals surface area contributed by atoms with Crippen LogP contribution in [-0.4, -0.2) is 28.4 Å². The first-order valence-electron chi connectivity index (χ1n) is 7.98. The fourth-order valence-electron chi connectivity index (χ4n) is 2.75. The number of rotatable bonds is 6. The second-order valence-corrected chi connectivity index (χ2v) is 6.51. The molecule has 0 radical (unpaired) electrons. The summed E-state index contributed by atoms with van der Waals surface area (Å²) in [6.45, 7) is 1.13. The van der Waals surface area contributed by atoms with E-state index in [9.17, 15) is 9.59 Å². The molecule has 2 aromatic rings. The Morgan fingerprint density at radius 2 is 1.76 bits per heavy atom. The van der Waals surface area contributed by atoms with Crippen molar-refractivity contribution in [3.8, 4) is 5.75 Å². The Labute approximate surface area is 150 Å². The zero-order valence-electron chi connectivity index (χ0n) is 13.5. The van der Waals surface area contributed by atoms with Gasteiger partial charge in [0.25, 0.3) is 0 Å². The summed E-state index contributed by atoms with van der Waals surface area (Å²) in [5.41, 5.74) is 1.97. The maximum Gasteiger partial charge on any atom is 0.308 e. The third-order valence-corrected chi connectivity index (χ3v) is 4.43. The van der Waals surface area contributed by atoms with Gasteiger partial charge < -0.3 is 14.7 Å². The number of nitrogens with zero attached hydrogens (tertiary/aromatic N) is 1. The van der Waals surface area contributed by atoms with Gasteiger partial charge in [0, 0.05) is 24.5 Å². The summed E-state index contributed by atoms with van der Waals surface area (Å²) in [4.78, 5) is 24.5. The first-order chi connectivity index (χ1) is 12.0. The number of benzene rings is 2. The highest BCUT2D eigenvalue weighted by Crippen LogP contribution is 2.22. The number of ether oxygens (including phenoxy) is 1. The predicted octanol–water partition coefficient (Wildman–Crippen LogP) is 3.35. The number of hydrogen-bond donors (Lipinski definition) is 1. The average Bonchev–Trinajstić information content (AvgIpc) is 2.97. The Balaban J connectivity index is 1.54. The van der Waals surface area contributed by atoms with E-state index in [1.807, 2.05) is 48.5 Å². The molecular weight excluding hydrogens is 342 g/mol. The Hall–Kier alpha value is -2.53. The molecule has 1 aliphatic rings. The van der Waals surface area contributed by atoms with Gasteiger partial charge in [0.1, 0.15) is 12.4 Å². The molecule has 1 amide bonds. The number of halogens is 1. The number of likely N-dealkylation sites (tertiary alicyclic amines) is 1. The molecule has 5 nitrogen and oxygen atoms in total. The van der Waals surface area contributed by atoms with Gasteiger partial charge in [-0.1, -0.05) is 35.9 Å². The molecule has 1 fully saturated rings. The van der Waals surface area contributed by atoms with Crippen LogP contribution in [0.2, 0.25) is 5.02 Å². The fourth-order valence-corrected chi connectivity index (χ4v) is 2.88. The number of aliphatic carboxylic acids is 1. The van der Waals surface area contributed by atoms with Crippen LogP contribution in [0.15, 0.2) is 48.5 Å². The second kappa shape index (κ2) is 7.57. The van der Waals surface area contributed by atoms with Crippen LogP contribution in [-0.2, 0) is 22.7 Å². The Morgan fingerprint density at radius 1 is 1.12 bits per heavy atom. The van der Waals surface area contributed by atoms with Crippen molar-refractivity contribution in [2.75, 3.05) is 6.54 Å². The van der Waals surface area contributed by atoms with Gasteiger partial charge in [-0.05, 0) is 35.4 Å². The molecule has 1 atom stereocenters. The van der Waals surface area contributed by atoms with Crippen molar-refractivity contribution in [3.63, 3.8) is 0 Å². The minimum absolute atomic E-state index is 0.0810. The molecular formula is C19H18ClNO4. The Bertz CT molecular complexity index is 758. The third-order valence-electron chi connectivity index (χ3n) is 4.18. The zero-order chi connectivity index (χ0) is 17.8. The van der Waals surface area contributed by atoms with Crippen molar-refractivity contribution in [2.45, 2.75) is 19.6 Å². The minimum Gasteiger partial charge on any atom is -0.489 e. The van der Waals surface area contributed by atoms with Crippen LogP contribution >= 0.6 is 11.6 Å². The highest BCUT2D eigenvalue weighted by atomic mass is 35.5. The van der Waals surface area contributed by atoms with Crippen molar-refractivity contribution in [1.82, 2.24) is 4.90 Å². The number of carboxylic acid groups (broad SMARTS) is 1. The molecule has 0 aliphatic carbocycles. The minimum atomic E-state index is -0.915. The molecule has 6 heteroatoms. The maximum atomic E-state index is 11.9. The van der Waals surface area contributed by atoms with Gasteiger partial charge in [-0.3, -0.25) is 9.59 Å². The topological polar surface area (TPSA) is 66.8 Å². The molecule has 2 aromatic carbocycles. The fraction of sp³-hybridized carbons (Fsp3) is 0.263. The van der Waals surface area contributed by atoms with Crippen LogP contribution in [0.4, 0.5) is 0 Å². The highest BCUT2D eigenvalue weighted by molar-refractivity contribution is 6.30. The summed E-state index contributed by atoms with van der Waals surface area (Å²) in [5.74, 6) is -0.901. The maximum absolute atomic E-state index is 11.9. The molecule has 1 N–H and O–H groups in total. The summed E-state index contributed by atoms with van der Waals surface area (Å²) >= 11 is 5.85. The van der Waals surface area contributed by atoms with Crippen molar-refractivity contribution in [1.29, 1.82) is 0 Å². The van der Waals surface area contributed by atoms with E-state index in [2.05, 4.69) is 0 Å². The van der Waals surface area contributed by atoms with Crippen molar-refractivity contribution >= 4 is 23.5 Å². The molecule has 0 unspecified atom stereocenters.